The van der Waals surface area contributed by atoms with Crippen LogP contribution in [0.25, 0.3) is 0 Å². The van der Waals surface area contributed by atoms with Gasteiger partial charge in [0.2, 0.25) is 0 Å². The third-order valence-corrected chi connectivity index (χ3v) is 8.33. The number of Topliss-reactive ketones (excluding diaryl/α,β-unsaturated/α-hetero) is 1. The molecule has 2 aromatic carbocycles. The Morgan fingerprint density at radius 1 is 1.03 bits per heavy atom. The first-order valence-electron chi connectivity index (χ1n) is 13.4. The summed E-state index contributed by atoms with van der Waals surface area (Å²) in [5, 5.41) is 2.93. The van der Waals surface area contributed by atoms with Crippen molar-refractivity contribution in [1.82, 2.24) is 5.32 Å². The lowest BCUT2D eigenvalue weighted by Gasteiger charge is -2.52. The summed E-state index contributed by atoms with van der Waals surface area (Å²) >= 11 is 0. The predicted octanol–water partition coefficient (Wildman–Crippen LogP) is 3.96. The lowest BCUT2D eigenvalue weighted by atomic mass is 9.50. The SMILES string of the molecule is COCO[C@@H](C(=O)O[C@H]1C[C@@H]2CC[C@H]1C(=O)[C@@]21CCC=CC1=O)[C@@H](NC(=O)c1ccccc1)c1ccccc1. The molecule has 0 radical (unpaired) electrons. The van der Waals surface area contributed by atoms with Crippen LogP contribution in [0.2, 0.25) is 0 Å². The van der Waals surface area contributed by atoms with Crippen LogP contribution in [0.15, 0.2) is 72.8 Å². The summed E-state index contributed by atoms with van der Waals surface area (Å²) in [4.78, 5) is 53.4. The zero-order valence-electron chi connectivity index (χ0n) is 21.9. The smallest absolute Gasteiger partial charge is 0.338 e. The molecule has 2 bridgehead atoms. The van der Waals surface area contributed by atoms with Crippen LogP contribution in [0.5, 0.6) is 0 Å². The molecule has 1 spiro atoms. The molecule has 0 heterocycles. The Morgan fingerprint density at radius 2 is 1.74 bits per heavy atom. The lowest BCUT2D eigenvalue weighted by Crippen LogP contribution is -2.60. The quantitative estimate of drug-likeness (QED) is 0.296. The minimum atomic E-state index is -1.23. The summed E-state index contributed by atoms with van der Waals surface area (Å²) in [6.07, 6.45) is 4.48. The molecule has 0 aromatic heterocycles. The number of hydrogen-bond donors (Lipinski definition) is 1. The highest BCUT2D eigenvalue weighted by Gasteiger charge is 2.61. The van der Waals surface area contributed by atoms with E-state index in [1.807, 2.05) is 30.3 Å². The fourth-order valence-corrected chi connectivity index (χ4v) is 6.43. The van der Waals surface area contributed by atoms with Gasteiger partial charge in [-0.25, -0.2) is 4.79 Å². The number of ketones is 2. The Bertz CT molecular complexity index is 1240. The Hall–Kier alpha value is -3.62. The van der Waals surface area contributed by atoms with E-state index in [4.69, 9.17) is 14.2 Å². The first-order chi connectivity index (χ1) is 19.0. The molecule has 0 unspecified atom stereocenters. The number of rotatable bonds is 9. The highest BCUT2D eigenvalue weighted by molar-refractivity contribution is 6.14. The van der Waals surface area contributed by atoms with Gasteiger partial charge < -0.3 is 19.5 Å². The van der Waals surface area contributed by atoms with Crippen LogP contribution in [-0.4, -0.2) is 49.6 Å². The van der Waals surface area contributed by atoms with E-state index in [9.17, 15) is 19.2 Å². The van der Waals surface area contributed by atoms with Crippen LogP contribution < -0.4 is 5.32 Å². The number of ether oxygens (including phenoxy) is 3. The molecule has 1 amide bonds. The first-order valence-corrected chi connectivity index (χ1v) is 13.4. The van der Waals surface area contributed by atoms with Crippen LogP contribution in [0.3, 0.4) is 0 Å². The van der Waals surface area contributed by atoms with Crippen LogP contribution >= 0.6 is 0 Å². The summed E-state index contributed by atoms with van der Waals surface area (Å²) in [6.45, 7) is -0.204. The number of fused-ring (bicyclic) bond motifs is 2. The molecule has 0 saturated heterocycles. The average molecular weight is 532 g/mol. The van der Waals surface area contributed by atoms with Crippen molar-refractivity contribution in [2.24, 2.45) is 17.3 Å². The number of carbonyl (C=O) groups excluding carboxylic acids is 4. The highest BCUT2D eigenvalue weighted by atomic mass is 16.7. The van der Waals surface area contributed by atoms with Crippen molar-refractivity contribution in [2.45, 2.75) is 50.4 Å². The summed E-state index contributed by atoms with van der Waals surface area (Å²) in [7, 11) is 1.44. The number of allylic oxidation sites excluding steroid dienone is 2. The molecule has 1 N–H and O–H groups in total. The van der Waals surface area contributed by atoms with Crippen molar-refractivity contribution in [3.05, 3.63) is 83.9 Å². The van der Waals surface area contributed by atoms with Crippen molar-refractivity contribution in [3.8, 4) is 0 Å². The van der Waals surface area contributed by atoms with Crippen LogP contribution in [0.4, 0.5) is 0 Å². The number of carbonyl (C=O) groups is 4. The first kappa shape index (κ1) is 27.0. The third-order valence-electron chi connectivity index (χ3n) is 8.33. The van der Waals surface area contributed by atoms with Gasteiger partial charge in [-0.1, -0.05) is 54.6 Å². The summed E-state index contributed by atoms with van der Waals surface area (Å²) in [5.41, 5.74) is 0.103. The number of esters is 1. The highest BCUT2D eigenvalue weighted by Crippen LogP contribution is 2.55. The maximum absolute atomic E-state index is 13.7. The molecule has 4 aliphatic rings. The molecule has 3 saturated carbocycles. The predicted molar refractivity (Wildman–Crippen MR) is 141 cm³/mol. The molecule has 6 atom stereocenters. The molecular weight excluding hydrogens is 498 g/mol. The number of methoxy groups -OCH3 is 1. The minimum absolute atomic E-state index is 0.108. The molecule has 204 valence electrons. The minimum Gasteiger partial charge on any atom is -0.460 e. The maximum Gasteiger partial charge on any atom is 0.338 e. The van der Waals surface area contributed by atoms with Crippen LogP contribution in [0, 0.1) is 17.3 Å². The Kier molecular flexibility index (Phi) is 8.04. The second kappa shape index (κ2) is 11.6. The van der Waals surface area contributed by atoms with Gasteiger partial charge in [0.05, 0.1) is 17.4 Å². The normalized spacial score (nSPS) is 27.3. The van der Waals surface area contributed by atoms with Gasteiger partial charge in [-0.15, -0.1) is 0 Å². The molecule has 4 aliphatic carbocycles. The third kappa shape index (κ3) is 5.18. The molecule has 39 heavy (non-hydrogen) atoms. The molecular formula is C31H33NO7. The fourth-order valence-electron chi connectivity index (χ4n) is 6.43. The Labute approximate surface area is 227 Å². The Balaban J connectivity index is 1.39. The van der Waals surface area contributed by atoms with E-state index in [-0.39, 0.29) is 30.2 Å². The van der Waals surface area contributed by atoms with Crippen molar-refractivity contribution >= 4 is 23.4 Å². The summed E-state index contributed by atoms with van der Waals surface area (Å²) < 4.78 is 16.9. The number of benzene rings is 2. The molecule has 8 heteroatoms. The molecule has 8 nitrogen and oxygen atoms in total. The van der Waals surface area contributed by atoms with E-state index in [0.717, 1.165) is 6.42 Å². The van der Waals surface area contributed by atoms with Crippen LogP contribution in [0.1, 0.15) is 54.1 Å². The van der Waals surface area contributed by atoms with Gasteiger partial charge in [-0.05, 0) is 61.8 Å². The van der Waals surface area contributed by atoms with Gasteiger partial charge in [0.15, 0.2) is 17.7 Å². The van der Waals surface area contributed by atoms with Gasteiger partial charge in [-0.3, -0.25) is 14.4 Å². The fraction of sp³-hybridized carbons (Fsp3) is 0.419. The van der Waals surface area contributed by atoms with E-state index >= 15 is 0 Å². The van der Waals surface area contributed by atoms with Crippen molar-refractivity contribution in [3.63, 3.8) is 0 Å². The second-order valence-corrected chi connectivity index (χ2v) is 10.5. The zero-order chi connectivity index (χ0) is 27.4. The Morgan fingerprint density at radius 3 is 2.41 bits per heavy atom. The molecule has 6 rings (SSSR count). The van der Waals surface area contributed by atoms with E-state index < -0.39 is 35.6 Å². The monoisotopic (exact) mass is 531 g/mol. The molecule has 3 fully saturated rings. The number of nitrogens with one attached hydrogen (secondary N) is 1. The number of hydrogen-bond acceptors (Lipinski definition) is 7. The van der Waals surface area contributed by atoms with E-state index in [1.54, 1.807) is 36.4 Å². The van der Waals surface area contributed by atoms with Gasteiger partial charge in [0.1, 0.15) is 12.9 Å². The topological polar surface area (TPSA) is 108 Å². The molecule has 0 aliphatic heterocycles. The summed E-state index contributed by atoms with van der Waals surface area (Å²) in [5.74, 6) is -1.99. The van der Waals surface area contributed by atoms with Gasteiger partial charge >= 0.3 is 5.97 Å². The van der Waals surface area contributed by atoms with Crippen molar-refractivity contribution in [2.75, 3.05) is 13.9 Å². The van der Waals surface area contributed by atoms with Gasteiger partial charge in [-0.2, -0.15) is 0 Å². The van der Waals surface area contributed by atoms with E-state index in [2.05, 4.69) is 5.32 Å². The zero-order valence-corrected chi connectivity index (χ0v) is 21.9. The van der Waals surface area contributed by atoms with E-state index in [0.29, 0.717) is 36.8 Å². The average Bonchev–Trinajstić information content (AvgIpc) is 2.97. The van der Waals surface area contributed by atoms with E-state index in [1.165, 1.54) is 13.2 Å². The maximum atomic E-state index is 13.7. The second-order valence-electron chi connectivity index (χ2n) is 10.5. The standard InChI is InChI=1S/C31H33NO7/c1-37-19-38-27(26(20-10-4-2-5-11-20)32-29(35)21-12-6-3-7-13-21)30(36)39-24-18-22-15-16-23(24)28(34)31(22)17-9-8-14-25(31)33/h2-8,10-14,22-24,26-27H,9,15-19H2,1H3,(H,32,35)/t22-,23+,24-,26-,27+,31-/m0/s1. The largest absolute Gasteiger partial charge is 0.460 e. The van der Waals surface area contributed by atoms with Crippen molar-refractivity contribution in [1.29, 1.82) is 0 Å². The summed E-state index contributed by atoms with van der Waals surface area (Å²) in [6, 6.07) is 16.9. The molecule has 2 aromatic rings. The van der Waals surface area contributed by atoms with Crippen molar-refractivity contribution < 1.29 is 33.4 Å². The van der Waals surface area contributed by atoms with Gasteiger partial charge in [0, 0.05) is 12.7 Å². The van der Waals surface area contributed by atoms with Gasteiger partial charge in [0.25, 0.3) is 5.91 Å². The lowest BCUT2D eigenvalue weighted by molar-refractivity contribution is -0.188. The van der Waals surface area contributed by atoms with Crippen LogP contribution in [-0.2, 0) is 28.6 Å². The number of amides is 1.